The highest BCUT2D eigenvalue weighted by Gasteiger charge is 2.18. The van der Waals surface area contributed by atoms with Crippen LogP contribution in [-0.4, -0.2) is 33.2 Å². The second-order valence-electron chi connectivity index (χ2n) is 7.88. The van der Waals surface area contributed by atoms with Crippen molar-refractivity contribution in [2.45, 2.75) is 45.7 Å². The Kier molecular flexibility index (Phi) is 5.76. The fourth-order valence-electron chi connectivity index (χ4n) is 3.93. The molecule has 3 aromatic rings. The summed E-state index contributed by atoms with van der Waals surface area (Å²) in [6.07, 6.45) is 3.90. The van der Waals surface area contributed by atoms with Crippen LogP contribution in [0, 0.1) is 6.92 Å². The molecule has 1 fully saturated rings. The Morgan fingerprint density at radius 1 is 1.10 bits per heavy atom. The van der Waals surface area contributed by atoms with E-state index in [4.69, 9.17) is 0 Å². The van der Waals surface area contributed by atoms with Gasteiger partial charge in [0.05, 0.1) is 5.69 Å². The van der Waals surface area contributed by atoms with E-state index in [-0.39, 0.29) is 5.91 Å². The molecule has 29 heavy (non-hydrogen) atoms. The number of para-hydroxylation sites is 1. The van der Waals surface area contributed by atoms with Crippen LogP contribution in [0.3, 0.4) is 0 Å². The molecule has 1 aliphatic rings. The van der Waals surface area contributed by atoms with E-state index in [2.05, 4.69) is 34.4 Å². The molecule has 0 spiro atoms. The lowest BCUT2D eigenvalue weighted by molar-refractivity contribution is 0.102. The number of carbonyl (C=O) groups excluding carboxylic acids is 1. The molecule has 1 atom stereocenters. The number of likely N-dealkylation sites (tertiary alicyclic amines) is 1. The number of nitrogens with one attached hydrogen (secondary N) is 1. The van der Waals surface area contributed by atoms with E-state index in [1.165, 1.54) is 31.4 Å². The van der Waals surface area contributed by atoms with E-state index in [9.17, 15) is 4.79 Å². The van der Waals surface area contributed by atoms with Crippen molar-refractivity contribution in [3.8, 4) is 5.69 Å². The van der Waals surface area contributed by atoms with Crippen LogP contribution < -0.4 is 5.32 Å². The van der Waals surface area contributed by atoms with Gasteiger partial charge in [0.15, 0.2) is 5.69 Å². The molecule has 1 N–H and O–H groups in total. The molecule has 2 heterocycles. The number of hydrogen-bond acceptors (Lipinski definition) is 3. The van der Waals surface area contributed by atoms with Crippen LogP contribution in [0.2, 0.25) is 0 Å². The van der Waals surface area contributed by atoms with Gasteiger partial charge >= 0.3 is 0 Å². The average Bonchev–Trinajstić information content (AvgIpc) is 3.14. The second kappa shape index (κ2) is 8.62. The smallest absolute Gasteiger partial charge is 0.276 e. The SMILES string of the molecule is Cc1cc(C(=O)Nc2ccc(CN3CCCCC3C)cc2)nn1-c1ccccc1. The first kappa shape index (κ1) is 19.4. The highest BCUT2D eigenvalue weighted by atomic mass is 16.1. The highest BCUT2D eigenvalue weighted by molar-refractivity contribution is 6.02. The fourth-order valence-corrected chi connectivity index (χ4v) is 3.93. The minimum Gasteiger partial charge on any atom is -0.321 e. The number of amides is 1. The van der Waals surface area contributed by atoms with Crippen molar-refractivity contribution in [1.82, 2.24) is 14.7 Å². The Morgan fingerprint density at radius 3 is 2.59 bits per heavy atom. The average molecular weight is 389 g/mol. The number of carbonyl (C=O) groups is 1. The first-order chi connectivity index (χ1) is 14.1. The first-order valence-electron chi connectivity index (χ1n) is 10.4. The largest absolute Gasteiger partial charge is 0.321 e. The molecule has 1 unspecified atom stereocenters. The lowest BCUT2D eigenvalue weighted by Gasteiger charge is -2.33. The molecule has 4 rings (SSSR count). The highest BCUT2D eigenvalue weighted by Crippen LogP contribution is 2.20. The predicted octanol–water partition coefficient (Wildman–Crippen LogP) is 4.81. The molecule has 1 aromatic heterocycles. The van der Waals surface area contributed by atoms with Crippen LogP contribution in [-0.2, 0) is 6.54 Å². The van der Waals surface area contributed by atoms with Gasteiger partial charge in [0, 0.05) is 24.0 Å². The maximum atomic E-state index is 12.7. The van der Waals surface area contributed by atoms with E-state index in [0.717, 1.165) is 23.6 Å². The number of aromatic nitrogens is 2. The fraction of sp³-hybridized carbons (Fsp3) is 0.333. The lowest BCUT2D eigenvalue weighted by Crippen LogP contribution is -2.36. The van der Waals surface area contributed by atoms with Crippen LogP contribution in [0.15, 0.2) is 60.7 Å². The van der Waals surface area contributed by atoms with Crippen LogP contribution in [0.1, 0.15) is 47.9 Å². The van der Waals surface area contributed by atoms with Gasteiger partial charge in [0.25, 0.3) is 5.91 Å². The zero-order valence-electron chi connectivity index (χ0n) is 17.1. The Balaban J connectivity index is 1.41. The van der Waals surface area contributed by atoms with Crippen molar-refractivity contribution in [3.63, 3.8) is 0 Å². The van der Waals surface area contributed by atoms with Crippen LogP contribution in [0.25, 0.3) is 5.69 Å². The number of nitrogens with zero attached hydrogens (tertiary/aromatic N) is 3. The van der Waals surface area contributed by atoms with E-state index in [1.807, 2.05) is 55.5 Å². The molecule has 0 bridgehead atoms. The van der Waals surface area contributed by atoms with Crippen molar-refractivity contribution in [3.05, 3.63) is 77.6 Å². The molecule has 0 saturated carbocycles. The molecular formula is C24H28N4O. The molecule has 1 aliphatic heterocycles. The van der Waals surface area contributed by atoms with Gasteiger partial charge < -0.3 is 5.32 Å². The third-order valence-corrected chi connectivity index (χ3v) is 5.66. The zero-order chi connectivity index (χ0) is 20.2. The zero-order valence-corrected chi connectivity index (χ0v) is 17.1. The second-order valence-corrected chi connectivity index (χ2v) is 7.88. The number of anilines is 1. The lowest BCUT2D eigenvalue weighted by atomic mass is 10.0. The van der Waals surface area contributed by atoms with Gasteiger partial charge in [-0.15, -0.1) is 0 Å². The van der Waals surface area contributed by atoms with Gasteiger partial charge in [0.1, 0.15) is 0 Å². The summed E-state index contributed by atoms with van der Waals surface area (Å²) < 4.78 is 1.79. The van der Waals surface area contributed by atoms with Crippen molar-refractivity contribution in [1.29, 1.82) is 0 Å². The first-order valence-corrected chi connectivity index (χ1v) is 10.4. The summed E-state index contributed by atoms with van der Waals surface area (Å²) in [5, 5.41) is 7.44. The van der Waals surface area contributed by atoms with Gasteiger partial charge in [-0.3, -0.25) is 9.69 Å². The normalized spacial score (nSPS) is 17.2. The van der Waals surface area contributed by atoms with E-state index >= 15 is 0 Å². The molecule has 1 amide bonds. The predicted molar refractivity (Wildman–Crippen MR) is 116 cm³/mol. The van der Waals surface area contributed by atoms with Crippen molar-refractivity contribution in [2.75, 3.05) is 11.9 Å². The monoisotopic (exact) mass is 388 g/mol. The van der Waals surface area contributed by atoms with Crippen LogP contribution in [0.5, 0.6) is 0 Å². The summed E-state index contributed by atoms with van der Waals surface area (Å²) in [6, 6.07) is 20.4. The molecule has 5 nitrogen and oxygen atoms in total. The van der Waals surface area contributed by atoms with Crippen molar-refractivity contribution >= 4 is 11.6 Å². The Hall–Kier alpha value is -2.92. The molecule has 0 radical (unpaired) electrons. The minimum atomic E-state index is -0.194. The number of rotatable bonds is 5. The third-order valence-electron chi connectivity index (χ3n) is 5.66. The van der Waals surface area contributed by atoms with Gasteiger partial charge in [-0.1, -0.05) is 36.8 Å². The molecule has 1 saturated heterocycles. The number of hydrogen-bond donors (Lipinski definition) is 1. The Labute approximate surface area is 172 Å². The number of aryl methyl sites for hydroxylation is 1. The molecule has 2 aromatic carbocycles. The topological polar surface area (TPSA) is 50.2 Å². The summed E-state index contributed by atoms with van der Waals surface area (Å²) in [4.78, 5) is 15.2. The standard InChI is InChI=1S/C24H28N4O/c1-18-8-6-7-15-27(18)17-20-11-13-21(14-12-20)25-24(29)23-16-19(2)28(26-23)22-9-4-3-5-10-22/h3-5,9-14,16,18H,6-8,15,17H2,1-2H3,(H,25,29). The molecular weight excluding hydrogens is 360 g/mol. The quantitative estimate of drug-likeness (QED) is 0.682. The summed E-state index contributed by atoms with van der Waals surface area (Å²) in [5.74, 6) is -0.194. The number of piperidine rings is 1. The third kappa shape index (κ3) is 4.57. The minimum absolute atomic E-state index is 0.194. The maximum absolute atomic E-state index is 12.7. The van der Waals surface area contributed by atoms with E-state index < -0.39 is 0 Å². The van der Waals surface area contributed by atoms with E-state index in [0.29, 0.717) is 11.7 Å². The van der Waals surface area contributed by atoms with E-state index in [1.54, 1.807) is 4.68 Å². The maximum Gasteiger partial charge on any atom is 0.276 e. The van der Waals surface area contributed by atoms with Gasteiger partial charge in [-0.25, -0.2) is 4.68 Å². The van der Waals surface area contributed by atoms with Gasteiger partial charge in [-0.05, 0) is 69.1 Å². The summed E-state index contributed by atoms with van der Waals surface area (Å²) in [7, 11) is 0. The Morgan fingerprint density at radius 2 is 1.86 bits per heavy atom. The summed E-state index contributed by atoms with van der Waals surface area (Å²) in [5.41, 5.74) is 4.35. The van der Waals surface area contributed by atoms with Crippen molar-refractivity contribution in [2.24, 2.45) is 0 Å². The van der Waals surface area contributed by atoms with Gasteiger partial charge in [-0.2, -0.15) is 5.10 Å². The summed E-state index contributed by atoms with van der Waals surface area (Å²) in [6.45, 7) is 6.40. The molecule has 150 valence electrons. The van der Waals surface area contributed by atoms with Crippen LogP contribution >= 0.6 is 0 Å². The molecule has 5 heteroatoms. The van der Waals surface area contributed by atoms with Gasteiger partial charge in [0.2, 0.25) is 0 Å². The molecule has 0 aliphatic carbocycles. The summed E-state index contributed by atoms with van der Waals surface area (Å²) >= 11 is 0. The van der Waals surface area contributed by atoms with Crippen LogP contribution in [0.4, 0.5) is 5.69 Å². The Bertz CT molecular complexity index is 962. The van der Waals surface area contributed by atoms with Crippen molar-refractivity contribution < 1.29 is 4.79 Å². The number of benzene rings is 2.